The Bertz CT molecular complexity index is 279. The molecule has 1 rings (SSSR count). The van der Waals surface area contributed by atoms with Crippen molar-refractivity contribution in [3.63, 3.8) is 0 Å². The van der Waals surface area contributed by atoms with Crippen LogP contribution >= 0.6 is 0 Å². The Labute approximate surface area is 87.7 Å². The number of rotatable bonds is 4. The summed E-state index contributed by atoms with van der Waals surface area (Å²) in [4.78, 5) is 0. The molecule has 14 heavy (non-hydrogen) atoms. The van der Waals surface area contributed by atoms with Crippen molar-refractivity contribution in [2.45, 2.75) is 27.2 Å². The Morgan fingerprint density at radius 2 is 1.71 bits per heavy atom. The molecule has 0 bridgehead atoms. The van der Waals surface area contributed by atoms with Crippen LogP contribution < -0.4 is 0 Å². The highest BCUT2D eigenvalue weighted by molar-refractivity contribution is 5.47. The fourth-order valence-corrected chi connectivity index (χ4v) is 1.40. The third-order valence-electron chi connectivity index (χ3n) is 2.91. The van der Waals surface area contributed by atoms with E-state index in [0.29, 0.717) is 0 Å². The number of hydrogen-bond donors (Lipinski definition) is 0. The first-order chi connectivity index (χ1) is 6.63. The van der Waals surface area contributed by atoms with Gasteiger partial charge in [-0.1, -0.05) is 57.7 Å². The molecule has 0 aliphatic carbocycles. The first-order valence-corrected chi connectivity index (χ1v) is 5.35. The van der Waals surface area contributed by atoms with Crippen molar-refractivity contribution in [1.29, 1.82) is 0 Å². The largest absolute Gasteiger partial charge is 0.0985 e. The molecular formula is C14H20. The first-order valence-electron chi connectivity index (χ1n) is 5.35. The predicted molar refractivity (Wildman–Crippen MR) is 64.2 cm³/mol. The molecule has 0 aliphatic rings. The van der Waals surface area contributed by atoms with Crippen LogP contribution in [-0.4, -0.2) is 0 Å². The molecule has 0 fully saturated rings. The molecule has 0 amide bonds. The molecule has 76 valence electrons. The summed E-state index contributed by atoms with van der Waals surface area (Å²) < 4.78 is 0. The molecule has 0 saturated heterocycles. The highest BCUT2D eigenvalue weighted by atomic mass is 14.1. The van der Waals surface area contributed by atoms with E-state index in [1.54, 1.807) is 0 Å². The average Bonchev–Trinajstić information content (AvgIpc) is 2.19. The van der Waals surface area contributed by atoms with E-state index >= 15 is 0 Å². The summed E-state index contributed by atoms with van der Waals surface area (Å²) in [7, 11) is 0. The van der Waals surface area contributed by atoms with E-state index in [0.717, 1.165) is 11.8 Å². The Morgan fingerprint density at radius 3 is 2.14 bits per heavy atom. The average molecular weight is 188 g/mol. The van der Waals surface area contributed by atoms with Gasteiger partial charge in [0.1, 0.15) is 0 Å². The van der Waals surface area contributed by atoms with E-state index in [-0.39, 0.29) is 0 Å². The second kappa shape index (κ2) is 4.99. The van der Waals surface area contributed by atoms with Gasteiger partial charge in [-0.2, -0.15) is 0 Å². The normalized spacial score (nSPS) is 12.9. The summed E-state index contributed by atoms with van der Waals surface area (Å²) in [5.41, 5.74) is 2.63. The predicted octanol–water partition coefficient (Wildman–Crippen LogP) is 4.16. The van der Waals surface area contributed by atoms with Gasteiger partial charge in [0.25, 0.3) is 0 Å². The van der Waals surface area contributed by atoms with Crippen molar-refractivity contribution < 1.29 is 0 Å². The fourth-order valence-electron chi connectivity index (χ4n) is 1.40. The van der Waals surface area contributed by atoms with Gasteiger partial charge in [-0.25, -0.2) is 0 Å². The molecule has 1 aromatic rings. The maximum Gasteiger partial charge on any atom is -0.0251 e. The monoisotopic (exact) mass is 188 g/mol. The Balaban J connectivity index is 2.64. The minimum Gasteiger partial charge on any atom is -0.0985 e. The van der Waals surface area contributed by atoms with Crippen LogP contribution in [0.5, 0.6) is 0 Å². The molecule has 1 atom stereocenters. The standard InChI is InChI=1S/C14H20/c1-5-13-6-8-14(9-7-13)10-12(4)11(2)3/h5-9,11-12H,1,10H2,2-4H3. The molecule has 0 spiro atoms. The molecule has 0 N–H and O–H groups in total. The Hall–Kier alpha value is -1.04. The van der Waals surface area contributed by atoms with E-state index < -0.39 is 0 Å². The lowest BCUT2D eigenvalue weighted by Crippen LogP contribution is -2.07. The van der Waals surface area contributed by atoms with E-state index in [1.807, 2.05) is 6.08 Å². The van der Waals surface area contributed by atoms with Gasteiger partial charge >= 0.3 is 0 Å². The highest BCUT2D eigenvalue weighted by Crippen LogP contribution is 2.16. The van der Waals surface area contributed by atoms with Crippen molar-refractivity contribution in [2.75, 3.05) is 0 Å². The molecule has 1 unspecified atom stereocenters. The maximum atomic E-state index is 3.75. The fraction of sp³-hybridized carbons (Fsp3) is 0.429. The smallest absolute Gasteiger partial charge is 0.0251 e. The Kier molecular flexibility index (Phi) is 3.94. The summed E-state index contributed by atoms with van der Waals surface area (Å²) in [6, 6.07) is 8.68. The molecule has 1 aromatic carbocycles. The third kappa shape index (κ3) is 3.02. The Morgan fingerprint density at radius 1 is 1.14 bits per heavy atom. The van der Waals surface area contributed by atoms with Crippen LogP contribution in [0.3, 0.4) is 0 Å². The zero-order valence-corrected chi connectivity index (χ0v) is 9.46. The van der Waals surface area contributed by atoms with E-state index in [2.05, 4.69) is 51.6 Å². The van der Waals surface area contributed by atoms with Crippen molar-refractivity contribution in [3.05, 3.63) is 42.0 Å². The first kappa shape index (κ1) is 11.0. The van der Waals surface area contributed by atoms with Gasteiger partial charge < -0.3 is 0 Å². The van der Waals surface area contributed by atoms with Crippen molar-refractivity contribution in [2.24, 2.45) is 11.8 Å². The van der Waals surface area contributed by atoms with Crippen LogP contribution in [0, 0.1) is 11.8 Å². The summed E-state index contributed by atoms with van der Waals surface area (Å²) >= 11 is 0. The summed E-state index contributed by atoms with van der Waals surface area (Å²) in [6.45, 7) is 10.6. The van der Waals surface area contributed by atoms with Crippen LogP contribution in [0.1, 0.15) is 31.9 Å². The molecule has 0 heteroatoms. The highest BCUT2D eigenvalue weighted by Gasteiger charge is 2.07. The minimum atomic E-state index is 0.754. The minimum absolute atomic E-state index is 0.754. The van der Waals surface area contributed by atoms with Crippen LogP contribution in [0.15, 0.2) is 30.8 Å². The van der Waals surface area contributed by atoms with Crippen LogP contribution in [0.25, 0.3) is 6.08 Å². The molecule has 0 nitrogen and oxygen atoms in total. The second-order valence-corrected chi connectivity index (χ2v) is 4.37. The zero-order chi connectivity index (χ0) is 10.6. The molecule has 0 radical (unpaired) electrons. The molecule has 0 saturated carbocycles. The maximum absolute atomic E-state index is 3.75. The second-order valence-electron chi connectivity index (χ2n) is 4.37. The lowest BCUT2D eigenvalue weighted by Gasteiger charge is -2.15. The molecule has 0 aliphatic heterocycles. The lowest BCUT2D eigenvalue weighted by atomic mass is 9.91. The molecule has 0 heterocycles. The van der Waals surface area contributed by atoms with E-state index in [4.69, 9.17) is 0 Å². The molecule has 0 aromatic heterocycles. The summed E-state index contributed by atoms with van der Waals surface area (Å²) in [6.07, 6.45) is 3.06. The third-order valence-corrected chi connectivity index (χ3v) is 2.91. The van der Waals surface area contributed by atoms with Crippen LogP contribution in [0.2, 0.25) is 0 Å². The molecular weight excluding hydrogens is 168 g/mol. The summed E-state index contributed by atoms with van der Waals surface area (Å²) in [5.74, 6) is 1.51. The number of benzene rings is 1. The van der Waals surface area contributed by atoms with E-state index in [9.17, 15) is 0 Å². The van der Waals surface area contributed by atoms with Crippen LogP contribution in [0.4, 0.5) is 0 Å². The number of hydrogen-bond acceptors (Lipinski definition) is 0. The van der Waals surface area contributed by atoms with Crippen molar-refractivity contribution >= 4 is 6.08 Å². The van der Waals surface area contributed by atoms with Gasteiger partial charge in [-0.3, -0.25) is 0 Å². The summed E-state index contributed by atoms with van der Waals surface area (Å²) in [5, 5.41) is 0. The van der Waals surface area contributed by atoms with Gasteiger partial charge in [-0.05, 0) is 29.4 Å². The van der Waals surface area contributed by atoms with Gasteiger partial charge in [-0.15, -0.1) is 0 Å². The van der Waals surface area contributed by atoms with Crippen molar-refractivity contribution in [1.82, 2.24) is 0 Å². The quantitative estimate of drug-likeness (QED) is 0.665. The van der Waals surface area contributed by atoms with Crippen molar-refractivity contribution in [3.8, 4) is 0 Å². The van der Waals surface area contributed by atoms with Gasteiger partial charge in [0.15, 0.2) is 0 Å². The lowest BCUT2D eigenvalue weighted by molar-refractivity contribution is 0.417. The topological polar surface area (TPSA) is 0 Å². The SMILES string of the molecule is C=Cc1ccc(CC(C)C(C)C)cc1. The van der Waals surface area contributed by atoms with Crippen LogP contribution in [-0.2, 0) is 6.42 Å². The van der Waals surface area contributed by atoms with Gasteiger partial charge in [0, 0.05) is 0 Å². The zero-order valence-electron chi connectivity index (χ0n) is 9.46. The van der Waals surface area contributed by atoms with Gasteiger partial charge in [0.2, 0.25) is 0 Å². The van der Waals surface area contributed by atoms with E-state index in [1.165, 1.54) is 17.5 Å². The van der Waals surface area contributed by atoms with Gasteiger partial charge in [0.05, 0.1) is 0 Å².